The van der Waals surface area contributed by atoms with Crippen molar-refractivity contribution >= 4 is 11.8 Å². The molecule has 0 aromatic rings. The summed E-state index contributed by atoms with van der Waals surface area (Å²) in [6.45, 7) is 1.80. The Hall–Kier alpha value is -1.36. The molecule has 0 aliphatic carbocycles. The first-order chi connectivity index (χ1) is 6.07. The van der Waals surface area contributed by atoms with Gasteiger partial charge in [-0.2, -0.15) is 0 Å². The van der Waals surface area contributed by atoms with E-state index in [1.165, 1.54) is 18.0 Å². The molecule has 13 heavy (non-hydrogen) atoms. The van der Waals surface area contributed by atoms with Gasteiger partial charge in [-0.05, 0) is 0 Å². The molecule has 0 heterocycles. The Morgan fingerprint density at radius 2 is 2.08 bits per heavy atom. The van der Waals surface area contributed by atoms with Gasteiger partial charge in [0.15, 0.2) is 0 Å². The van der Waals surface area contributed by atoms with Crippen LogP contribution in [0.1, 0.15) is 6.92 Å². The van der Waals surface area contributed by atoms with Gasteiger partial charge in [0.2, 0.25) is 5.91 Å². The van der Waals surface area contributed by atoms with E-state index in [1.54, 1.807) is 20.2 Å². The van der Waals surface area contributed by atoms with Gasteiger partial charge >= 0.3 is 0 Å². The first-order valence-corrected chi connectivity index (χ1v) is 3.94. The summed E-state index contributed by atoms with van der Waals surface area (Å²) in [5.74, 6) is -0.271. The molecule has 0 saturated carbocycles. The zero-order valence-corrected chi connectivity index (χ0v) is 8.13. The summed E-state index contributed by atoms with van der Waals surface area (Å²) in [4.78, 5) is 21.5. The number of hydrogen-bond donors (Lipinski definition) is 2. The number of hydrazine groups is 1. The highest BCUT2D eigenvalue weighted by molar-refractivity contribution is 5.87. The minimum atomic E-state index is -0.159. The molecule has 74 valence electrons. The minimum absolute atomic E-state index is 0.112. The Morgan fingerprint density at radius 1 is 1.46 bits per heavy atom. The van der Waals surface area contributed by atoms with E-state index in [2.05, 4.69) is 10.7 Å². The topological polar surface area (TPSA) is 61.4 Å². The van der Waals surface area contributed by atoms with Gasteiger partial charge < -0.3 is 5.32 Å². The highest BCUT2D eigenvalue weighted by Gasteiger charge is 1.99. The number of carbonyl (C=O) groups excluding carboxylic acids is 2. The molecule has 2 amide bonds. The van der Waals surface area contributed by atoms with Crippen LogP contribution >= 0.6 is 0 Å². The van der Waals surface area contributed by atoms with Gasteiger partial charge in [-0.1, -0.05) is 6.08 Å². The number of nitrogens with zero attached hydrogens (tertiary/aromatic N) is 1. The second-order valence-corrected chi connectivity index (χ2v) is 2.46. The number of carbonyl (C=O) groups is 2. The van der Waals surface area contributed by atoms with Crippen LogP contribution in [0.5, 0.6) is 0 Å². The molecule has 5 nitrogen and oxygen atoms in total. The zero-order chi connectivity index (χ0) is 10.3. The lowest BCUT2D eigenvalue weighted by molar-refractivity contribution is -0.127. The van der Waals surface area contributed by atoms with E-state index in [1.807, 2.05) is 0 Å². The zero-order valence-electron chi connectivity index (χ0n) is 8.13. The molecule has 0 aromatic heterocycles. The first-order valence-electron chi connectivity index (χ1n) is 3.94. The van der Waals surface area contributed by atoms with E-state index in [9.17, 15) is 9.59 Å². The average Bonchev–Trinajstić information content (AvgIpc) is 2.10. The predicted molar refractivity (Wildman–Crippen MR) is 49.7 cm³/mol. The quantitative estimate of drug-likeness (QED) is 0.448. The van der Waals surface area contributed by atoms with Crippen molar-refractivity contribution < 1.29 is 9.59 Å². The van der Waals surface area contributed by atoms with Crippen LogP contribution in [0.3, 0.4) is 0 Å². The van der Waals surface area contributed by atoms with Crippen LogP contribution in [-0.4, -0.2) is 37.5 Å². The highest BCUT2D eigenvalue weighted by atomic mass is 16.2. The SMILES string of the molecule is CNN(C)C(=O)/C=C/CNC(C)=O. The van der Waals surface area contributed by atoms with E-state index in [0.717, 1.165) is 0 Å². The Kier molecular flexibility index (Phi) is 5.54. The Morgan fingerprint density at radius 3 is 2.54 bits per heavy atom. The summed E-state index contributed by atoms with van der Waals surface area (Å²) in [7, 11) is 3.27. The second-order valence-electron chi connectivity index (χ2n) is 2.46. The highest BCUT2D eigenvalue weighted by Crippen LogP contribution is 1.80. The summed E-state index contributed by atoms with van der Waals surface area (Å²) in [6.07, 6.45) is 2.99. The molecule has 0 spiro atoms. The molecule has 0 aliphatic heterocycles. The summed E-state index contributed by atoms with van der Waals surface area (Å²) < 4.78 is 0. The summed E-state index contributed by atoms with van der Waals surface area (Å²) in [6, 6.07) is 0. The maximum atomic E-state index is 11.1. The number of likely N-dealkylation sites (N-methyl/N-ethyl adjacent to an activating group) is 1. The van der Waals surface area contributed by atoms with E-state index in [-0.39, 0.29) is 11.8 Å². The molecule has 0 aromatic carbocycles. The van der Waals surface area contributed by atoms with Crippen LogP contribution in [-0.2, 0) is 9.59 Å². The van der Waals surface area contributed by atoms with Crippen molar-refractivity contribution in [3.05, 3.63) is 12.2 Å². The van der Waals surface area contributed by atoms with Crippen LogP contribution in [0.15, 0.2) is 12.2 Å². The molecule has 0 unspecified atom stereocenters. The van der Waals surface area contributed by atoms with Crippen molar-refractivity contribution in [2.45, 2.75) is 6.92 Å². The van der Waals surface area contributed by atoms with Gasteiger partial charge in [0, 0.05) is 33.6 Å². The second kappa shape index (κ2) is 6.19. The van der Waals surface area contributed by atoms with E-state index in [4.69, 9.17) is 0 Å². The molecule has 0 fully saturated rings. The summed E-state index contributed by atoms with van der Waals surface area (Å²) in [5, 5.41) is 3.88. The fraction of sp³-hybridized carbons (Fsp3) is 0.500. The van der Waals surface area contributed by atoms with Gasteiger partial charge in [-0.15, -0.1) is 0 Å². The van der Waals surface area contributed by atoms with Crippen LogP contribution in [0.2, 0.25) is 0 Å². The van der Waals surface area contributed by atoms with Crippen molar-refractivity contribution in [3.8, 4) is 0 Å². The molecule has 2 N–H and O–H groups in total. The largest absolute Gasteiger partial charge is 0.353 e. The lowest BCUT2D eigenvalue weighted by atomic mass is 10.4. The third-order valence-electron chi connectivity index (χ3n) is 1.40. The number of amides is 2. The van der Waals surface area contributed by atoms with Gasteiger partial charge in [0.05, 0.1) is 0 Å². The van der Waals surface area contributed by atoms with Crippen molar-refractivity contribution in [2.75, 3.05) is 20.6 Å². The van der Waals surface area contributed by atoms with E-state index < -0.39 is 0 Å². The van der Waals surface area contributed by atoms with Crippen LogP contribution in [0.4, 0.5) is 0 Å². The molecular formula is C8H15N3O2. The van der Waals surface area contributed by atoms with Gasteiger partial charge in [-0.3, -0.25) is 14.6 Å². The molecule has 5 heteroatoms. The average molecular weight is 185 g/mol. The van der Waals surface area contributed by atoms with Gasteiger partial charge in [0.1, 0.15) is 0 Å². The standard InChI is InChI=1S/C8H15N3O2/c1-7(12)10-6-4-5-8(13)11(3)9-2/h4-5,9H,6H2,1-3H3,(H,10,12)/b5-4+. The number of nitrogens with one attached hydrogen (secondary N) is 2. The molecule has 0 atom stereocenters. The normalized spacial score (nSPS) is 10.1. The molecule has 0 bridgehead atoms. The number of rotatable bonds is 4. The van der Waals surface area contributed by atoms with Crippen molar-refractivity contribution in [1.82, 2.24) is 15.8 Å². The predicted octanol–water partition coefficient (Wildman–Crippen LogP) is -0.728. The maximum absolute atomic E-state index is 11.1. The van der Waals surface area contributed by atoms with Crippen molar-refractivity contribution in [3.63, 3.8) is 0 Å². The van der Waals surface area contributed by atoms with Crippen LogP contribution in [0, 0.1) is 0 Å². The summed E-state index contributed by atoms with van der Waals surface area (Å²) >= 11 is 0. The molecule has 0 rings (SSSR count). The lowest BCUT2D eigenvalue weighted by Crippen LogP contribution is -2.35. The Balaban J connectivity index is 3.72. The monoisotopic (exact) mass is 185 g/mol. The molecular weight excluding hydrogens is 170 g/mol. The fourth-order valence-electron chi connectivity index (χ4n) is 0.584. The van der Waals surface area contributed by atoms with Crippen LogP contribution in [0.25, 0.3) is 0 Å². The molecule has 0 saturated heterocycles. The Labute approximate surface area is 77.8 Å². The number of hydrogen-bond acceptors (Lipinski definition) is 3. The minimum Gasteiger partial charge on any atom is -0.353 e. The van der Waals surface area contributed by atoms with Crippen molar-refractivity contribution in [2.24, 2.45) is 0 Å². The van der Waals surface area contributed by atoms with Crippen LogP contribution < -0.4 is 10.7 Å². The smallest absolute Gasteiger partial charge is 0.260 e. The third kappa shape index (κ3) is 5.86. The van der Waals surface area contributed by atoms with Gasteiger partial charge in [0.25, 0.3) is 5.91 Å². The van der Waals surface area contributed by atoms with Gasteiger partial charge in [-0.25, -0.2) is 5.43 Å². The first kappa shape index (κ1) is 11.6. The summed E-state index contributed by atoms with van der Waals surface area (Å²) in [5.41, 5.74) is 2.66. The maximum Gasteiger partial charge on any atom is 0.260 e. The van der Waals surface area contributed by atoms with Crippen molar-refractivity contribution in [1.29, 1.82) is 0 Å². The Bertz CT molecular complexity index is 213. The molecule has 0 radical (unpaired) electrons. The third-order valence-corrected chi connectivity index (χ3v) is 1.40. The lowest BCUT2D eigenvalue weighted by Gasteiger charge is -2.11. The fourth-order valence-corrected chi connectivity index (χ4v) is 0.584. The molecule has 0 aliphatic rings. The van der Waals surface area contributed by atoms with E-state index in [0.29, 0.717) is 6.54 Å². The van der Waals surface area contributed by atoms with E-state index >= 15 is 0 Å².